The number of rotatable bonds is 6. The summed E-state index contributed by atoms with van der Waals surface area (Å²) in [7, 11) is 0. The predicted octanol–water partition coefficient (Wildman–Crippen LogP) is 7.67. The number of hydrogen-bond acceptors (Lipinski definition) is 2. The smallest absolute Gasteiger partial charge is 0.256 e. The van der Waals surface area contributed by atoms with Crippen LogP contribution in [0.5, 0.6) is 0 Å². The topological polar surface area (TPSA) is 32.3 Å². The van der Waals surface area contributed by atoms with Crippen LogP contribution in [0, 0.1) is 5.82 Å². The second kappa shape index (κ2) is 10.6. The van der Waals surface area contributed by atoms with Crippen LogP contribution in [0.2, 0.25) is 10.0 Å². The summed E-state index contributed by atoms with van der Waals surface area (Å²) in [6.45, 7) is 8.29. The first-order chi connectivity index (χ1) is 16.6. The quantitative estimate of drug-likeness (QED) is 0.367. The van der Waals surface area contributed by atoms with Crippen LogP contribution in [0.15, 0.2) is 54.6 Å². The van der Waals surface area contributed by atoms with E-state index < -0.39 is 5.82 Å². The van der Waals surface area contributed by atoms with Gasteiger partial charge in [0.05, 0.1) is 16.3 Å². The minimum atomic E-state index is -0.445. The Morgan fingerprint density at radius 3 is 2.43 bits per heavy atom. The van der Waals surface area contributed by atoms with E-state index in [9.17, 15) is 9.18 Å². The minimum absolute atomic E-state index is 0.0570. The van der Waals surface area contributed by atoms with E-state index in [0.717, 1.165) is 41.8 Å². The number of carbonyl (C=O) groups is 1. The monoisotopic (exact) mass is 512 g/mol. The van der Waals surface area contributed by atoms with Crippen LogP contribution in [0.4, 0.5) is 10.1 Å². The van der Waals surface area contributed by atoms with Gasteiger partial charge < -0.3 is 10.2 Å². The molecule has 1 heterocycles. The second-order valence-electron chi connectivity index (χ2n) is 10.2. The first-order valence-electron chi connectivity index (χ1n) is 12.0. The summed E-state index contributed by atoms with van der Waals surface area (Å²) in [6, 6.07) is 16.8. The highest BCUT2D eigenvalue weighted by Gasteiger charge is 2.24. The molecule has 3 aromatic carbocycles. The van der Waals surface area contributed by atoms with E-state index in [4.69, 9.17) is 23.2 Å². The summed E-state index contributed by atoms with van der Waals surface area (Å²) in [6.07, 6.45) is 2.46. The predicted molar refractivity (Wildman–Crippen MR) is 143 cm³/mol. The highest BCUT2D eigenvalue weighted by molar-refractivity contribution is 6.31. The van der Waals surface area contributed by atoms with Crippen molar-refractivity contribution >= 4 is 34.8 Å². The molecule has 0 radical (unpaired) electrons. The van der Waals surface area contributed by atoms with Gasteiger partial charge in [-0.1, -0.05) is 74.3 Å². The Labute approximate surface area is 217 Å². The molecule has 1 aliphatic rings. The Morgan fingerprint density at radius 2 is 1.74 bits per heavy atom. The lowest BCUT2D eigenvalue weighted by molar-refractivity contribution is 0.0746. The molecule has 0 unspecified atom stereocenters. The number of hydrogen-bond donors (Lipinski definition) is 1. The van der Waals surface area contributed by atoms with Gasteiger partial charge in [0, 0.05) is 24.7 Å². The molecular formula is C29H31Cl2FN2O. The Bertz CT molecular complexity index is 1220. The highest BCUT2D eigenvalue weighted by Crippen LogP contribution is 2.31. The molecule has 0 saturated carbocycles. The number of nitrogens with one attached hydrogen (secondary N) is 1. The number of halogens is 3. The molecule has 0 aromatic heterocycles. The van der Waals surface area contributed by atoms with Crippen molar-refractivity contribution in [3.05, 3.63) is 98.3 Å². The zero-order chi connectivity index (χ0) is 25.2. The average molecular weight is 513 g/mol. The van der Waals surface area contributed by atoms with Gasteiger partial charge in [0.15, 0.2) is 0 Å². The van der Waals surface area contributed by atoms with Gasteiger partial charge in [0.2, 0.25) is 0 Å². The first-order valence-corrected chi connectivity index (χ1v) is 12.8. The number of anilines is 1. The lowest BCUT2D eigenvalue weighted by atomic mass is 9.87. The van der Waals surface area contributed by atoms with Crippen molar-refractivity contribution in [2.24, 2.45) is 0 Å². The first kappa shape index (κ1) is 25.5. The number of benzene rings is 3. The Balaban J connectivity index is 1.63. The van der Waals surface area contributed by atoms with Gasteiger partial charge >= 0.3 is 0 Å². The minimum Gasteiger partial charge on any atom is -0.384 e. The van der Waals surface area contributed by atoms with Crippen molar-refractivity contribution in [2.75, 3.05) is 18.4 Å². The molecule has 0 fully saturated rings. The summed E-state index contributed by atoms with van der Waals surface area (Å²) in [5.74, 6) is -0.523. The SMILES string of the molecule is CC(C)(C)c1ccc(CN(CCc2ccc(F)c(Cl)c2)C(=O)c2cc(Cl)cc3c2NCCC3)cc1. The van der Waals surface area contributed by atoms with Gasteiger partial charge in [0.1, 0.15) is 5.82 Å². The van der Waals surface area contributed by atoms with Crippen molar-refractivity contribution in [3.63, 3.8) is 0 Å². The molecule has 3 aromatic rings. The van der Waals surface area contributed by atoms with E-state index in [0.29, 0.717) is 30.1 Å². The molecule has 0 spiro atoms. The molecule has 35 heavy (non-hydrogen) atoms. The maximum Gasteiger partial charge on any atom is 0.256 e. The zero-order valence-corrected chi connectivity index (χ0v) is 21.9. The van der Waals surface area contributed by atoms with Crippen LogP contribution in [0.1, 0.15) is 59.8 Å². The van der Waals surface area contributed by atoms with Gasteiger partial charge in [-0.2, -0.15) is 0 Å². The Hall–Kier alpha value is -2.56. The largest absolute Gasteiger partial charge is 0.384 e. The molecule has 0 saturated heterocycles. The summed E-state index contributed by atoms with van der Waals surface area (Å²) < 4.78 is 13.6. The van der Waals surface area contributed by atoms with Crippen LogP contribution in [0.3, 0.4) is 0 Å². The zero-order valence-electron chi connectivity index (χ0n) is 20.4. The second-order valence-corrected chi connectivity index (χ2v) is 11.0. The summed E-state index contributed by atoms with van der Waals surface area (Å²) in [4.78, 5) is 15.7. The number of amides is 1. The van der Waals surface area contributed by atoms with Gasteiger partial charge in [-0.25, -0.2) is 4.39 Å². The number of fused-ring (bicyclic) bond motifs is 1. The molecule has 3 nitrogen and oxygen atoms in total. The summed E-state index contributed by atoms with van der Waals surface area (Å²) >= 11 is 12.4. The van der Waals surface area contributed by atoms with E-state index >= 15 is 0 Å². The van der Waals surface area contributed by atoms with Gasteiger partial charge in [-0.05, 0) is 71.2 Å². The number of aryl methyl sites for hydroxylation is 1. The van der Waals surface area contributed by atoms with E-state index in [1.807, 2.05) is 11.0 Å². The molecule has 0 atom stereocenters. The summed E-state index contributed by atoms with van der Waals surface area (Å²) in [5.41, 5.74) is 5.77. The van der Waals surface area contributed by atoms with E-state index in [1.54, 1.807) is 18.2 Å². The van der Waals surface area contributed by atoms with Crippen LogP contribution >= 0.6 is 23.2 Å². The number of nitrogens with zero attached hydrogens (tertiary/aromatic N) is 1. The van der Waals surface area contributed by atoms with Crippen molar-refractivity contribution in [3.8, 4) is 0 Å². The third-order valence-electron chi connectivity index (χ3n) is 6.47. The molecule has 6 heteroatoms. The van der Waals surface area contributed by atoms with Crippen molar-refractivity contribution in [1.82, 2.24) is 4.90 Å². The van der Waals surface area contributed by atoms with E-state index in [-0.39, 0.29) is 16.3 Å². The van der Waals surface area contributed by atoms with Gasteiger partial charge in [0.25, 0.3) is 5.91 Å². The van der Waals surface area contributed by atoms with E-state index in [2.05, 4.69) is 50.4 Å². The fourth-order valence-corrected chi connectivity index (χ4v) is 4.89. The normalized spacial score (nSPS) is 13.2. The molecule has 0 aliphatic carbocycles. The number of carbonyl (C=O) groups excluding carboxylic acids is 1. The maximum atomic E-state index is 13.9. The van der Waals surface area contributed by atoms with Crippen LogP contribution in [-0.4, -0.2) is 23.9 Å². The summed E-state index contributed by atoms with van der Waals surface area (Å²) in [5, 5.41) is 4.06. The molecule has 4 rings (SSSR count). The van der Waals surface area contributed by atoms with Crippen molar-refractivity contribution in [2.45, 2.75) is 52.0 Å². The molecule has 1 N–H and O–H groups in total. The van der Waals surface area contributed by atoms with E-state index in [1.165, 1.54) is 11.6 Å². The lowest BCUT2D eigenvalue weighted by Gasteiger charge is -2.27. The average Bonchev–Trinajstić information content (AvgIpc) is 2.82. The fraction of sp³-hybridized carbons (Fsp3) is 0.345. The molecule has 184 valence electrons. The molecular weight excluding hydrogens is 482 g/mol. The van der Waals surface area contributed by atoms with Crippen molar-refractivity contribution in [1.29, 1.82) is 0 Å². The van der Waals surface area contributed by atoms with Crippen LogP contribution < -0.4 is 5.32 Å². The maximum absolute atomic E-state index is 13.9. The van der Waals surface area contributed by atoms with Crippen LogP contribution in [0.25, 0.3) is 0 Å². The standard InChI is InChI=1S/C29H31Cl2FN2O/c1-29(2,3)22-9-6-20(7-10-22)18-34(14-12-19-8-11-26(32)25(31)15-19)28(35)24-17-23(30)16-21-5-4-13-33-27(21)24/h6-11,15-17,33H,4-5,12-14,18H2,1-3H3. The third kappa shape index (κ3) is 6.17. The van der Waals surface area contributed by atoms with Crippen LogP contribution in [-0.2, 0) is 24.8 Å². The molecule has 1 aliphatic heterocycles. The van der Waals surface area contributed by atoms with Crippen molar-refractivity contribution < 1.29 is 9.18 Å². The molecule has 1 amide bonds. The third-order valence-corrected chi connectivity index (χ3v) is 6.98. The Morgan fingerprint density at radius 1 is 1.03 bits per heavy atom. The Kier molecular flexibility index (Phi) is 7.73. The fourth-order valence-electron chi connectivity index (χ4n) is 4.44. The molecule has 0 bridgehead atoms. The highest BCUT2D eigenvalue weighted by atomic mass is 35.5. The van der Waals surface area contributed by atoms with Gasteiger partial charge in [-0.15, -0.1) is 0 Å². The lowest BCUT2D eigenvalue weighted by Crippen LogP contribution is -2.33. The van der Waals surface area contributed by atoms with Gasteiger partial charge in [-0.3, -0.25) is 4.79 Å².